The third kappa shape index (κ3) is 3.42. The van der Waals surface area contributed by atoms with E-state index in [1.807, 2.05) is 13.8 Å². The summed E-state index contributed by atoms with van der Waals surface area (Å²) in [5.41, 5.74) is -0.285. The molecule has 0 fully saturated rings. The largest absolute Gasteiger partial charge is 0.486 e. The number of carbonyl (C=O) groups excluding carboxylic acids is 1. The van der Waals surface area contributed by atoms with E-state index in [-0.39, 0.29) is 17.3 Å². The fourth-order valence-electron chi connectivity index (χ4n) is 2.22. The molecule has 1 N–H and O–H groups in total. The number of hydrogen-bond donors (Lipinski definition) is 1. The Morgan fingerprint density at radius 3 is 2.57 bits per heavy atom. The summed E-state index contributed by atoms with van der Waals surface area (Å²) in [6.07, 6.45) is 1.73. The number of hydrogen-bond acceptors (Lipinski definition) is 5. The predicted octanol–water partition coefficient (Wildman–Crippen LogP) is 2.28. The van der Waals surface area contributed by atoms with Crippen LogP contribution in [-0.2, 0) is 0 Å². The molecule has 1 heterocycles. The predicted molar refractivity (Wildman–Crippen MR) is 75.9 cm³/mol. The average Bonchev–Trinajstić information content (AvgIpc) is 2.45. The maximum absolute atomic E-state index is 12.2. The van der Waals surface area contributed by atoms with Crippen LogP contribution in [0, 0.1) is 10.1 Å². The maximum Gasteiger partial charge on any atom is 0.286 e. The molecule has 1 aliphatic rings. The van der Waals surface area contributed by atoms with Crippen molar-refractivity contribution in [2.45, 2.75) is 32.7 Å². The molecule has 0 unspecified atom stereocenters. The van der Waals surface area contributed by atoms with Crippen LogP contribution in [0.15, 0.2) is 12.1 Å². The summed E-state index contributed by atoms with van der Waals surface area (Å²) in [5, 5.41) is 13.9. The van der Waals surface area contributed by atoms with E-state index in [0.717, 1.165) is 12.8 Å². The molecule has 0 saturated carbocycles. The van der Waals surface area contributed by atoms with Crippen molar-refractivity contribution >= 4 is 11.6 Å². The lowest BCUT2D eigenvalue weighted by Gasteiger charge is -2.19. The Balaban J connectivity index is 2.32. The number of nitrogens with zero attached hydrogens (tertiary/aromatic N) is 1. The van der Waals surface area contributed by atoms with Gasteiger partial charge in [0, 0.05) is 12.1 Å². The van der Waals surface area contributed by atoms with Crippen LogP contribution in [-0.4, -0.2) is 30.1 Å². The Morgan fingerprint density at radius 2 is 2.00 bits per heavy atom. The van der Waals surface area contributed by atoms with Gasteiger partial charge in [-0.25, -0.2) is 0 Å². The van der Waals surface area contributed by atoms with Crippen molar-refractivity contribution in [3.05, 3.63) is 27.8 Å². The first-order chi connectivity index (χ1) is 10.0. The van der Waals surface area contributed by atoms with Crippen molar-refractivity contribution in [2.24, 2.45) is 0 Å². The van der Waals surface area contributed by atoms with Crippen LogP contribution in [0.1, 0.15) is 37.0 Å². The second kappa shape index (κ2) is 6.43. The third-order valence-corrected chi connectivity index (χ3v) is 3.20. The SMILES string of the molecule is CCC[C@@H](C)NC(=O)c1cc2c(cc1[N+](=O)[O-])OCCO2. The Hall–Kier alpha value is -2.31. The molecule has 1 amide bonds. The van der Waals surface area contributed by atoms with Crippen LogP contribution in [0.2, 0.25) is 0 Å². The molecule has 0 aliphatic carbocycles. The van der Waals surface area contributed by atoms with Crippen LogP contribution in [0.3, 0.4) is 0 Å². The summed E-state index contributed by atoms with van der Waals surface area (Å²) in [5.74, 6) is 0.186. The molecule has 1 aromatic carbocycles. The fourth-order valence-corrected chi connectivity index (χ4v) is 2.22. The fraction of sp³-hybridized carbons (Fsp3) is 0.500. The van der Waals surface area contributed by atoms with Crippen molar-refractivity contribution < 1.29 is 19.2 Å². The van der Waals surface area contributed by atoms with Crippen molar-refractivity contribution in [3.63, 3.8) is 0 Å². The summed E-state index contributed by atoms with van der Waals surface area (Å²) in [6.45, 7) is 4.57. The molecular weight excluding hydrogens is 276 g/mol. The highest BCUT2D eigenvalue weighted by Gasteiger charge is 2.26. The van der Waals surface area contributed by atoms with E-state index in [9.17, 15) is 14.9 Å². The van der Waals surface area contributed by atoms with Crippen molar-refractivity contribution in [3.8, 4) is 11.5 Å². The van der Waals surface area contributed by atoms with E-state index in [1.165, 1.54) is 12.1 Å². The number of nitro groups is 1. The topological polar surface area (TPSA) is 90.7 Å². The number of rotatable bonds is 5. The van der Waals surface area contributed by atoms with Gasteiger partial charge in [0.2, 0.25) is 0 Å². The van der Waals surface area contributed by atoms with E-state index in [1.54, 1.807) is 0 Å². The van der Waals surface area contributed by atoms with Crippen LogP contribution in [0.4, 0.5) is 5.69 Å². The first-order valence-corrected chi connectivity index (χ1v) is 6.91. The zero-order valence-electron chi connectivity index (χ0n) is 12.0. The van der Waals surface area contributed by atoms with Crippen molar-refractivity contribution in [2.75, 3.05) is 13.2 Å². The molecule has 0 radical (unpaired) electrons. The lowest BCUT2D eigenvalue weighted by molar-refractivity contribution is -0.385. The molecule has 7 nitrogen and oxygen atoms in total. The second-order valence-electron chi connectivity index (χ2n) is 4.93. The summed E-state index contributed by atoms with van der Waals surface area (Å²) in [6, 6.07) is 2.57. The van der Waals surface area contributed by atoms with Crippen molar-refractivity contribution in [1.29, 1.82) is 0 Å². The molecule has 2 rings (SSSR count). The minimum absolute atomic E-state index is 0.00722. The summed E-state index contributed by atoms with van der Waals surface area (Å²) in [7, 11) is 0. The van der Waals surface area contributed by atoms with Gasteiger partial charge < -0.3 is 14.8 Å². The Labute approximate surface area is 122 Å². The van der Waals surface area contributed by atoms with Crippen LogP contribution < -0.4 is 14.8 Å². The van der Waals surface area contributed by atoms with Crippen LogP contribution in [0.5, 0.6) is 11.5 Å². The maximum atomic E-state index is 12.2. The summed E-state index contributed by atoms with van der Waals surface area (Å²) < 4.78 is 10.7. The number of fused-ring (bicyclic) bond motifs is 1. The molecule has 21 heavy (non-hydrogen) atoms. The number of benzene rings is 1. The zero-order valence-corrected chi connectivity index (χ0v) is 12.0. The van der Waals surface area contributed by atoms with Gasteiger partial charge in [0.15, 0.2) is 11.5 Å². The van der Waals surface area contributed by atoms with Gasteiger partial charge in [0.25, 0.3) is 11.6 Å². The van der Waals surface area contributed by atoms with E-state index in [2.05, 4.69) is 5.32 Å². The second-order valence-corrected chi connectivity index (χ2v) is 4.93. The first kappa shape index (κ1) is 15.1. The molecule has 0 spiro atoms. The minimum Gasteiger partial charge on any atom is -0.486 e. The highest BCUT2D eigenvalue weighted by atomic mass is 16.6. The molecule has 0 aromatic heterocycles. The van der Waals surface area contributed by atoms with E-state index in [0.29, 0.717) is 24.7 Å². The third-order valence-electron chi connectivity index (χ3n) is 3.20. The normalized spacial score (nSPS) is 14.4. The number of carbonyl (C=O) groups is 1. The Kier molecular flexibility index (Phi) is 4.62. The van der Waals surface area contributed by atoms with Gasteiger partial charge >= 0.3 is 0 Å². The monoisotopic (exact) mass is 294 g/mol. The van der Waals surface area contributed by atoms with Gasteiger partial charge in [-0.2, -0.15) is 0 Å². The summed E-state index contributed by atoms with van der Waals surface area (Å²) >= 11 is 0. The summed E-state index contributed by atoms with van der Waals surface area (Å²) in [4.78, 5) is 22.8. The molecule has 1 atom stereocenters. The molecule has 0 saturated heterocycles. The van der Waals surface area contributed by atoms with Gasteiger partial charge in [0.1, 0.15) is 18.8 Å². The molecular formula is C14H18N2O5. The van der Waals surface area contributed by atoms with E-state index < -0.39 is 10.8 Å². The minimum atomic E-state index is -0.586. The lowest BCUT2D eigenvalue weighted by Crippen LogP contribution is -2.33. The Bertz CT molecular complexity index is 559. The highest BCUT2D eigenvalue weighted by Crippen LogP contribution is 2.36. The van der Waals surface area contributed by atoms with Crippen LogP contribution in [0.25, 0.3) is 0 Å². The van der Waals surface area contributed by atoms with Gasteiger partial charge in [-0.15, -0.1) is 0 Å². The highest BCUT2D eigenvalue weighted by molar-refractivity contribution is 5.99. The zero-order chi connectivity index (χ0) is 15.4. The van der Waals surface area contributed by atoms with Crippen LogP contribution >= 0.6 is 0 Å². The van der Waals surface area contributed by atoms with Crippen molar-refractivity contribution in [1.82, 2.24) is 5.32 Å². The van der Waals surface area contributed by atoms with Gasteiger partial charge in [-0.05, 0) is 13.3 Å². The van der Waals surface area contributed by atoms with E-state index >= 15 is 0 Å². The van der Waals surface area contributed by atoms with Gasteiger partial charge in [0.05, 0.1) is 11.0 Å². The molecule has 7 heteroatoms. The van der Waals surface area contributed by atoms with E-state index in [4.69, 9.17) is 9.47 Å². The average molecular weight is 294 g/mol. The Morgan fingerprint density at radius 1 is 1.38 bits per heavy atom. The number of nitro benzene ring substituents is 1. The molecule has 1 aliphatic heterocycles. The molecule has 1 aromatic rings. The van der Waals surface area contributed by atoms with Gasteiger partial charge in [-0.3, -0.25) is 14.9 Å². The first-order valence-electron chi connectivity index (χ1n) is 6.91. The molecule has 114 valence electrons. The standard InChI is InChI=1S/C14H18N2O5/c1-3-4-9(2)15-14(17)10-7-12-13(21-6-5-20-12)8-11(10)16(18)19/h7-9H,3-6H2,1-2H3,(H,15,17)/t9-/m1/s1. The quantitative estimate of drug-likeness (QED) is 0.664. The smallest absolute Gasteiger partial charge is 0.286 e. The molecule has 0 bridgehead atoms. The number of nitrogens with one attached hydrogen (secondary N) is 1. The lowest BCUT2D eigenvalue weighted by atomic mass is 10.1. The number of amides is 1. The number of ether oxygens (including phenoxy) is 2. The van der Waals surface area contributed by atoms with Gasteiger partial charge in [-0.1, -0.05) is 13.3 Å².